The Morgan fingerprint density at radius 3 is 1.25 bits per heavy atom. The van der Waals surface area contributed by atoms with Gasteiger partial charge in [-0.25, -0.2) is 4.79 Å². The van der Waals surface area contributed by atoms with Gasteiger partial charge >= 0.3 is 5.97 Å². The van der Waals surface area contributed by atoms with Crippen LogP contribution in [0.4, 0.5) is 0 Å². The van der Waals surface area contributed by atoms with E-state index < -0.39 is 0 Å². The lowest BCUT2D eigenvalue weighted by molar-refractivity contribution is -0.382. The van der Waals surface area contributed by atoms with Gasteiger partial charge in [0.1, 0.15) is 0 Å². The van der Waals surface area contributed by atoms with E-state index in [2.05, 4.69) is 146 Å². The lowest BCUT2D eigenvalue weighted by Crippen LogP contribution is -2.31. The van der Waals surface area contributed by atoms with Gasteiger partial charge in [0.15, 0.2) is 12.6 Å². The molecule has 0 saturated carbocycles. The fraction of sp³-hybridized carbons (Fsp3) is 0.0962. The Morgan fingerprint density at radius 2 is 0.821 bits per heavy atom. The van der Waals surface area contributed by atoms with Crippen LogP contribution in [0.2, 0.25) is 0 Å². The summed E-state index contributed by atoms with van der Waals surface area (Å²) in [5.41, 5.74) is 10.4. The van der Waals surface area contributed by atoms with Crippen molar-refractivity contribution < 1.29 is 19.0 Å². The molecule has 1 saturated heterocycles. The average molecular weight is 727 g/mol. The number of esters is 1. The van der Waals surface area contributed by atoms with Gasteiger partial charge in [-0.15, -0.1) is 0 Å². The smallest absolute Gasteiger partial charge is 0.338 e. The molecule has 1 heterocycles. The van der Waals surface area contributed by atoms with E-state index in [9.17, 15) is 4.79 Å². The number of hydrogen-bond donors (Lipinski definition) is 0. The summed E-state index contributed by atoms with van der Waals surface area (Å²) in [6.07, 6.45) is -0.603. The highest BCUT2D eigenvalue weighted by Gasteiger charge is 2.31. The molecule has 0 N–H and O–H groups in total. The van der Waals surface area contributed by atoms with Crippen LogP contribution >= 0.6 is 0 Å². The van der Waals surface area contributed by atoms with Crippen LogP contribution in [0.1, 0.15) is 36.1 Å². The topological polar surface area (TPSA) is 44.8 Å². The third kappa shape index (κ3) is 5.49. The number of fused-ring (bicyclic) bond motifs is 4. The summed E-state index contributed by atoms with van der Waals surface area (Å²) in [4.78, 5) is 13.2. The molecule has 9 aromatic rings. The molecule has 1 fully saturated rings. The van der Waals surface area contributed by atoms with Crippen LogP contribution in [0.3, 0.4) is 0 Å². The fourth-order valence-corrected chi connectivity index (χ4v) is 8.79. The SMILES string of the molecule is CCOC(=O)c1ccccc1-c1c2ccccc2c(-c2ccc(-c3c4ccccc4c(-c4ccccc4C4OC(C)O4)c4ccccc34)cc2)c2ccccc12. The molecule has 0 bridgehead atoms. The molecule has 1 aliphatic heterocycles. The molecule has 9 aromatic carbocycles. The zero-order valence-electron chi connectivity index (χ0n) is 31.2. The zero-order chi connectivity index (χ0) is 37.8. The summed E-state index contributed by atoms with van der Waals surface area (Å²) in [6, 6.07) is 59.8. The lowest BCUT2D eigenvalue weighted by atomic mass is 9.83. The number of ether oxygens (including phenoxy) is 3. The molecule has 1 aliphatic rings. The second-order valence-corrected chi connectivity index (χ2v) is 14.3. The molecule has 0 aliphatic carbocycles. The van der Waals surface area contributed by atoms with E-state index in [1.54, 1.807) is 0 Å². The summed E-state index contributed by atoms with van der Waals surface area (Å²) >= 11 is 0. The summed E-state index contributed by atoms with van der Waals surface area (Å²) < 4.78 is 17.5. The predicted octanol–water partition coefficient (Wildman–Crippen LogP) is 13.5. The maximum atomic E-state index is 13.2. The van der Waals surface area contributed by atoms with Gasteiger partial charge in [0, 0.05) is 5.56 Å². The van der Waals surface area contributed by atoms with Gasteiger partial charge in [0.25, 0.3) is 0 Å². The summed E-state index contributed by atoms with van der Waals surface area (Å²) in [5, 5.41) is 9.16. The minimum Gasteiger partial charge on any atom is -0.462 e. The van der Waals surface area contributed by atoms with E-state index in [4.69, 9.17) is 14.2 Å². The van der Waals surface area contributed by atoms with Gasteiger partial charge in [-0.3, -0.25) is 0 Å². The molecule has 270 valence electrons. The first kappa shape index (κ1) is 33.9. The number of carbonyl (C=O) groups excluding carboxylic acids is 1. The van der Waals surface area contributed by atoms with Crippen molar-refractivity contribution >= 4 is 49.1 Å². The normalized spacial score (nSPS) is 15.3. The predicted molar refractivity (Wildman–Crippen MR) is 229 cm³/mol. The van der Waals surface area contributed by atoms with Crippen LogP contribution < -0.4 is 0 Å². The monoisotopic (exact) mass is 726 g/mol. The van der Waals surface area contributed by atoms with Crippen LogP contribution in [0.25, 0.3) is 87.6 Å². The van der Waals surface area contributed by atoms with Crippen LogP contribution in [-0.4, -0.2) is 18.9 Å². The van der Waals surface area contributed by atoms with Gasteiger partial charge in [0.05, 0.1) is 12.2 Å². The van der Waals surface area contributed by atoms with Crippen molar-refractivity contribution in [2.24, 2.45) is 0 Å². The Morgan fingerprint density at radius 1 is 0.464 bits per heavy atom. The summed E-state index contributed by atoms with van der Waals surface area (Å²) in [5.74, 6) is -0.316. The van der Waals surface area contributed by atoms with E-state index in [1.165, 1.54) is 32.7 Å². The highest BCUT2D eigenvalue weighted by Crippen LogP contribution is 2.48. The first-order valence-electron chi connectivity index (χ1n) is 19.2. The third-order valence-electron chi connectivity index (χ3n) is 11.1. The third-order valence-corrected chi connectivity index (χ3v) is 11.1. The molecule has 0 amide bonds. The number of hydrogen-bond acceptors (Lipinski definition) is 4. The Kier molecular flexibility index (Phi) is 8.44. The fourth-order valence-electron chi connectivity index (χ4n) is 8.79. The van der Waals surface area contributed by atoms with Gasteiger partial charge in [-0.1, -0.05) is 164 Å². The van der Waals surface area contributed by atoms with Gasteiger partial charge in [0.2, 0.25) is 0 Å². The Balaban J connectivity index is 1.16. The van der Waals surface area contributed by atoms with Crippen molar-refractivity contribution in [1.29, 1.82) is 0 Å². The van der Waals surface area contributed by atoms with E-state index in [0.717, 1.165) is 60.5 Å². The largest absolute Gasteiger partial charge is 0.462 e. The first-order valence-corrected chi connectivity index (χ1v) is 19.2. The average Bonchev–Trinajstić information content (AvgIpc) is 3.24. The van der Waals surface area contributed by atoms with Crippen LogP contribution in [-0.2, 0) is 14.2 Å². The molecule has 0 unspecified atom stereocenters. The van der Waals surface area contributed by atoms with E-state index in [0.29, 0.717) is 12.2 Å². The summed E-state index contributed by atoms with van der Waals surface area (Å²) in [7, 11) is 0. The number of rotatable bonds is 7. The first-order chi connectivity index (χ1) is 27.6. The van der Waals surface area contributed by atoms with E-state index in [1.807, 2.05) is 38.1 Å². The minimum atomic E-state index is -0.389. The Labute approximate surface area is 325 Å². The van der Waals surface area contributed by atoms with Gasteiger partial charge in [-0.05, 0) is 108 Å². The van der Waals surface area contributed by atoms with Crippen molar-refractivity contribution in [3.05, 3.63) is 181 Å². The van der Waals surface area contributed by atoms with Crippen molar-refractivity contribution in [2.75, 3.05) is 6.61 Å². The maximum absolute atomic E-state index is 13.2. The van der Waals surface area contributed by atoms with Gasteiger partial charge < -0.3 is 14.2 Å². The van der Waals surface area contributed by atoms with E-state index in [-0.39, 0.29) is 18.5 Å². The molecule has 0 aromatic heterocycles. The van der Waals surface area contributed by atoms with Crippen LogP contribution in [0, 0.1) is 0 Å². The molecule has 10 rings (SSSR count). The summed E-state index contributed by atoms with van der Waals surface area (Å²) in [6.45, 7) is 4.09. The molecule has 4 heteroatoms. The van der Waals surface area contributed by atoms with Crippen molar-refractivity contribution in [3.8, 4) is 44.5 Å². The van der Waals surface area contributed by atoms with Crippen LogP contribution in [0.15, 0.2) is 170 Å². The second-order valence-electron chi connectivity index (χ2n) is 14.3. The molecule has 0 spiro atoms. The van der Waals surface area contributed by atoms with Gasteiger partial charge in [-0.2, -0.15) is 0 Å². The van der Waals surface area contributed by atoms with Crippen molar-refractivity contribution in [1.82, 2.24) is 0 Å². The highest BCUT2D eigenvalue weighted by atomic mass is 16.9. The zero-order valence-corrected chi connectivity index (χ0v) is 31.2. The highest BCUT2D eigenvalue weighted by molar-refractivity contribution is 6.24. The number of carbonyl (C=O) groups is 1. The standard InChI is InChI=1S/C52H38O4/c1-3-54-51(53)45-26-14-12-24-43(45)49-39-20-8-4-16-35(39)47(36-17-5-9-21-40(36)49)33-28-30-34(31-29-33)48-37-18-6-10-22-41(37)50(42-23-11-7-19-38(42)48)44-25-13-15-27-46(44)52-55-32(2)56-52/h4-32,52H,3H2,1-2H3. The Hall–Kier alpha value is -6.59. The lowest BCUT2D eigenvalue weighted by Gasteiger charge is -2.35. The second kappa shape index (κ2) is 13.9. The molecular formula is C52H38O4. The molecule has 0 atom stereocenters. The molecule has 56 heavy (non-hydrogen) atoms. The molecule has 0 radical (unpaired) electrons. The molecular weight excluding hydrogens is 689 g/mol. The number of benzene rings is 9. The maximum Gasteiger partial charge on any atom is 0.338 e. The minimum absolute atomic E-state index is 0.214. The quantitative estimate of drug-likeness (QED) is 0.121. The van der Waals surface area contributed by atoms with E-state index >= 15 is 0 Å². The van der Waals surface area contributed by atoms with Crippen molar-refractivity contribution in [2.45, 2.75) is 26.4 Å². The molecule has 4 nitrogen and oxygen atoms in total. The van der Waals surface area contributed by atoms with Crippen molar-refractivity contribution in [3.63, 3.8) is 0 Å². The van der Waals surface area contributed by atoms with Crippen LogP contribution in [0.5, 0.6) is 0 Å². The Bertz CT molecular complexity index is 2860.